The maximum atomic E-state index is 13.7. The van der Waals surface area contributed by atoms with Crippen molar-refractivity contribution >= 4 is 40.0 Å². The van der Waals surface area contributed by atoms with Crippen molar-refractivity contribution in [3.8, 4) is 11.5 Å². The first-order valence-corrected chi connectivity index (χ1v) is 13.1. The Hall–Kier alpha value is -4.01. The number of rotatable bonds is 9. The third-order valence-electron chi connectivity index (χ3n) is 7.08. The predicted octanol–water partition coefficient (Wildman–Crippen LogP) is 4.26. The van der Waals surface area contributed by atoms with E-state index < -0.39 is 6.04 Å². The average molecular weight is 548 g/mol. The molecule has 0 radical (unpaired) electrons. The summed E-state index contributed by atoms with van der Waals surface area (Å²) >= 11 is 6.50. The zero-order valence-corrected chi connectivity index (χ0v) is 22.6. The van der Waals surface area contributed by atoms with Gasteiger partial charge in [-0.15, -0.1) is 0 Å². The molecule has 0 unspecified atom stereocenters. The van der Waals surface area contributed by atoms with E-state index in [0.717, 1.165) is 27.7 Å². The third-order valence-corrected chi connectivity index (χ3v) is 7.39. The number of halogens is 1. The molecule has 0 aliphatic carbocycles. The molecule has 202 valence electrons. The first kappa shape index (κ1) is 26.6. The largest absolute Gasteiger partial charge is 0.454 e. The highest BCUT2D eigenvalue weighted by Gasteiger charge is 2.27. The van der Waals surface area contributed by atoms with Crippen molar-refractivity contribution in [1.29, 1.82) is 0 Å². The molecule has 1 aromatic heterocycles. The summed E-state index contributed by atoms with van der Waals surface area (Å²) in [7, 11) is 1.68. The van der Waals surface area contributed by atoms with Crippen molar-refractivity contribution in [2.24, 2.45) is 0 Å². The molecule has 0 saturated heterocycles. The van der Waals surface area contributed by atoms with Crippen molar-refractivity contribution in [3.05, 3.63) is 88.6 Å². The van der Waals surface area contributed by atoms with Crippen molar-refractivity contribution < 1.29 is 24.2 Å². The number of likely N-dealkylation sites (N-methyl/N-ethyl adjacent to an activating group) is 1. The number of aliphatic hydroxyl groups excluding tert-OH is 1. The highest BCUT2D eigenvalue weighted by atomic mass is 35.5. The van der Waals surface area contributed by atoms with Crippen LogP contribution in [-0.4, -0.2) is 48.0 Å². The van der Waals surface area contributed by atoms with E-state index in [0.29, 0.717) is 35.1 Å². The number of benzene rings is 3. The number of amides is 2. The van der Waals surface area contributed by atoms with Gasteiger partial charge in [-0.05, 0) is 48.7 Å². The molecule has 1 aliphatic rings. The molecule has 8 nitrogen and oxygen atoms in total. The van der Waals surface area contributed by atoms with Crippen molar-refractivity contribution in [2.45, 2.75) is 32.4 Å². The van der Waals surface area contributed by atoms with Crippen molar-refractivity contribution in [2.75, 3.05) is 25.3 Å². The second kappa shape index (κ2) is 11.4. The second-order valence-corrected chi connectivity index (χ2v) is 9.91. The Kier molecular flexibility index (Phi) is 7.77. The van der Waals surface area contributed by atoms with E-state index in [1.807, 2.05) is 54.0 Å². The van der Waals surface area contributed by atoms with Gasteiger partial charge < -0.3 is 29.4 Å². The van der Waals surface area contributed by atoms with Gasteiger partial charge >= 0.3 is 0 Å². The molecule has 39 heavy (non-hydrogen) atoms. The first-order chi connectivity index (χ1) is 18.9. The van der Waals surface area contributed by atoms with Crippen LogP contribution in [0.2, 0.25) is 5.02 Å². The van der Waals surface area contributed by atoms with E-state index in [1.165, 1.54) is 4.90 Å². The monoisotopic (exact) mass is 547 g/mol. The topological polar surface area (TPSA) is 93.0 Å². The molecule has 9 heteroatoms. The van der Waals surface area contributed by atoms with Gasteiger partial charge in [0.2, 0.25) is 18.6 Å². The van der Waals surface area contributed by atoms with Crippen LogP contribution in [0.5, 0.6) is 11.5 Å². The molecule has 3 aromatic carbocycles. The number of carbonyl (C=O) groups excluding carboxylic acids is 2. The Morgan fingerprint density at radius 2 is 1.85 bits per heavy atom. The van der Waals surface area contributed by atoms with E-state index in [-0.39, 0.29) is 31.8 Å². The number of nitrogens with zero attached hydrogens (tertiary/aromatic N) is 2. The lowest BCUT2D eigenvalue weighted by atomic mass is 10.0. The van der Waals surface area contributed by atoms with Gasteiger partial charge in [0.25, 0.3) is 0 Å². The lowest BCUT2D eigenvalue weighted by molar-refractivity contribution is -0.127. The van der Waals surface area contributed by atoms with E-state index in [9.17, 15) is 14.7 Å². The van der Waals surface area contributed by atoms with Crippen LogP contribution in [0.25, 0.3) is 10.9 Å². The summed E-state index contributed by atoms with van der Waals surface area (Å²) in [6, 6.07) is 19.6. The number of anilines is 1. The minimum Gasteiger partial charge on any atom is -0.454 e. The summed E-state index contributed by atoms with van der Waals surface area (Å²) in [5.41, 5.74) is 4.13. The van der Waals surface area contributed by atoms with Crippen LogP contribution in [-0.2, 0) is 29.0 Å². The number of ether oxygens (including phenoxy) is 2. The maximum absolute atomic E-state index is 13.7. The molecule has 2 N–H and O–H groups in total. The molecule has 0 fully saturated rings. The number of hydrogen-bond donors (Lipinski definition) is 2. The minimum absolute atomic E-state index is 0.000409. The van der Waals surface area contributed by atoms with Crippen LogP contribution < -0.4 is 19.7 Å². The number of nitrogens with one attached hydrogen (secondary N) is 1. The molecule has 5 rings (SSSR count). The van der Waals surface area contributed by atoms with Gasteiger partial charge in [0.1, 0.15) is 12.6 Å². The zero-order chi connectivity index (χ0) is 27.5. The molecule has 4 aromatic rings. The van der Waals surface area contributed by atoms with Crippen molar-refractivity contribution in [3.63, 3.8) is 0 Å². The van der Waals surface area contributed by atoms with Crippen molar-refractivity contribution in [1.82, 2.24) is 9.88 Å². The van der Waals surface area contributed by atoms with Crippen LogP contribution in [0.1, 0.15) is 16.8 Å². The van der Waals surface area contributed by atoms with Gasteiger partial charge in [0.05, 0.1) is 10.5 Å². The normalized spacial score (nSPS) is 12.9. The second-order valence-electron chi connectivity index (χ2n) is 9.50. The Balaban J connectivity index is 1.41. The predicted molar refractivity (Wildman–Crippen MR) is 151 cm³/mol. The molecular formula is C30H30ClN3O5. The summed E-state index contributed by atoms with van der Waals surface area (Å²) < 4.78 is 12.7. The Morgan fingerprint density at radius 1 is 1.08 bits per heavy atom. The van der Waals surface area contributed by atoms with Crippen LogP contribution in [0.4, 0.5) is 5.69 Å². The Bertz CT molecular complexity index is 1520. The summed E-state index contributed by atoms with van der Waals surface area (Å²) in [6.07, 6.45) is 0.753. The maximum Gasteiger partial charge on any atom is 0.249 e. The fourth-order valence-electron chi connectivity index (χ4n) is 5.07. The highest BCUT2D eigenvalue weighted by molar-refractivity contribution is 6.35. The molecule has 0 saturated carbocycles. The first-order valence-electron chi connectivity index (χ1n) is 12.7. The summed E-state index contributed by atoms with van der Waals surface area (Å²) in [5, 5.41) is 14.0. The number of carbonyl (C=O) groups is 2. The molecule has 1 aliphatic heterocycles. The number of hydrogen-bond acceptors (Lipinski definition) is 5. The van der Waals surface area contributed by atoms with Gasteiger partial charge in [-0.3, -0.25) is 9.59 Å². The SMILES string of the molecule is Cc1c(CCO)c2c(Cl)cccc2n1CC(=O)N[C@@H](Cc1ccccc1)C(=O)N(C)c1ccc2c(c1)OCO2. The van der Waals surface area contributed by atoms with Crippen LogP contribution in [0.3, 0.4) is 0 Å². The Morgan fingerprint density at radius 3 is 2.62 bits per heavy atom. The molecule has 1 atom stereocenters. The number of fused-ring (bicyclic) bond motifs is 2. The summed E-state index contributed by atoms with van der Waals surface area (Å²) in [5.74, 6) is 0.634. The van der Waals surface area contributed by atoms with E-state index in [4.69, 9.17) is 21.1 Å². The molecule has 0 bridgehead atoms. The van der Waals surface area contributed by atoms with Gasteiger partial charge in [0.15, 0.2) is 11.5 Å². The number of aromatic nitrogens is 1. The fourth-order valence-corrected chi connectivity index (χ4v) is 5.35. The fraction of sp³-hybridized carbons (Fsp3) is 0.267. The van der Waals surface area contributed by atoms with E-state index in [1.54, 1.807) is 31.3 Å². The van der Waals surface area contributed by atoms with Gasteiger partial charge in [0, 0.05) is 42.9 Å². The Labute approximate surface area is 231 Å². The van der Waals surface area contributed by atoms with E-state index >= 15 is 0 Å². The molecule has 0 spiro atoms. The molecule has 2 amide bonds. The van der Waals surface area contributed by atoms with Crippen LogP contribution >= 0.6 is 11.6 Å². The van der Waals surface area contributed by atoms with E-state index in [2.05, 4.69) is 5.32 Å². The third kappa shape index (κ3) is 5.44. The van der Waals surface area contributed by atoms with Gasteiger partial charge in [-0.1, -0.05) is 48.0 Å². The van der Waals surface area contributed by atoms with Gasteiger partial charge in [-0.25, -0.2) is 0 Å². The van der Waals surface area contributed by atoms with Gasteiger partial charge in [-0.2, -0.15) is 0 Å². The molecular weight excluding hydrogens is 518 g/mol. The summed E-state index contributed by atoms with van der Waals surface area (Å²) in [4.78, 5) is 28.7. The molecule has 2 heterocycles. The number of aliphatic hydroxyl groups is 1. The van der Waals surface area contributed by atoms with Crippen LogP contribution in [0, 0.1) is 6.92 Å². The average Bonchev–Trinajstić information content (AvgIpc) is 3.51. The minimum atomic E-state index is -0.807. The standard InChI is InChI=1S/C30H30ClN3O5/c1-19-22(13-14-35)29-23(31)9-6-10-25(29)34(19)17-28(36)32-24(15-20-7-4-3-5-8-20)30(37)33(2)21-11-12-26-27(16-21)39-18-38-26/h3-12,16,24,35H,13-15,17-18H2,1-2H3,(H,32,36)/t24-/m0/s1. The quantitative estimate of drug-likeness (QED) is 0.327. The smallest absolute Gasteiger partial charge is 0.249 e. The zero-order valence-electron chi connectivity index (χ0n) is 21.8. The van der Waals surface area contributed by atoms with Crippen LogP contribution in [0.15, 0.2) is 66.7 Å². The lowest BCUT2D eigenvalue weighted by Gasteiger charge is -2.25. The highest BCUT2D eigenvalue weighted by Crippen LogP contribution is 2.35. The summed E-state index contributed by atoms with van der Waals surface area (Å²) in [6.45, 7) is 2.02. The lowest BCUT2D eigenvalue weighted by Crippen LogP contribution is -2.49.